The maximum Gasteiger partial charge on any atom is 0.251 e. The lowest BCUT2D eigenvalue weighted by Crippen LogP contribution is -2.37. The summed E-state index contributed by atoms with van der Waals surface area (Å²) >= 11 is 5.90. The van der Waals surface area contributed by atoms with E-state index in [1.807, 2.05) is 36.4 Å². The van der Waals surface area contributed by atoms with Gasteiger partial charge in [0.1, 0.15) is 0 Å². The highest BCUT2D eigenvalue weighted by atomic mass is 35.5. The maximum absolute atomic E-state index is 12.5. The van der Waals surface area contributed by atoms with Crippen molar-refractivity contribution in [3.8, 4) is 0 Å². The van der Waals surface area contributed by atoms with Gasteiger partial charge in [-0.1, -0.05) is 44.5 Å². The molecule has 0 spiro atoms. The average Bonchev–Trinajstić information content (AvgIpc) is 2.95. The van der Waals surface area contributed by atoms with Crippen molar-refractivity contribution < 1.29 is 9.59 Å². The van der Waals surface area contributed by atoms with E-state index in [-0.39, 0.29) is 23.3 Å². The Morgan fingerprint density at radius 3 is 2.27 bits per heavy atom. The summed E-state index contributed by atoms with van der Waals surface area (Å²) in [6.07, 6.45) is 0.300. The van der Waals surface area contributed by atoms with Gasteiger partial charge in [0.2, 0.25) is 5.91 Å². The summed E-state index contributed by atoms with van der Waals surface area (Å²) in [7, 11) is 0. The van der Waals surface area contributed by atoms with Crippen molar-refractivity contribution in [2.45, 2.75) is 38.6 Å². The minimum Gasteiger partial charge on any atom is -0.347 e. The number of halogens is 1. The molecule has 136 valence electrons. The van der Waals surface area contributed by atoms with Crippen molar-refractivity contribution >= 4 is 29.1 Å². The van der Waals surface area contributed by atoms with Gasteiger partial charge in [-0.15, -0.1) is 0 Å². The van der Waals surface area contributed by atoms with E-state index in [1.54, 1.807) is 17.0 Å². The predicted octanol–water partition coefficient (Wildman–Crippen LogP) is 4.17. The number of carbonyl (C=O) groups excluding carboxylic acids is 2. The summed E-state index contributed by atoms with van der Waals surface area (Å²) in [5.74, 6) is -0.151. The van der Waals surface area contributed by atoms with E-state index in [2.05, 4.69) is 26.1 Å². The largest absolute Gasteiger partial charge is 0.347 e. The third-order valence-corrected chi connectivity index (χ3v) is 4.86. The molecule has 4 nitrogen and oxygen atoms in total. The highest BCUT2D eigenvalue weighted by molar-refractivity contribution is 6.30. The zero-order valence-electron chi connectivity index (χ0n) is 15.3. The quantitative estimate of drug-likeness (QED) is 0.881. The van der Waals surface area contributed by atoms with Crippen LogP contribution in [-0.4, -0.2) is 24.4 Å². The molecule has 1 fully saturated rings. The third kappa shape index (κ3) is 4.07. The zero-order valence-corrected chi connectivity index (χ0v) is 16.0. The molecule has 1 aliphatic rings. The average molecular weight is 371 g/mol. The Kier molecular flexibility index (Phi) is 5.05. The third-order valence-electron chi connectivity index (χ3n) is 4.61. The minimum absolute atomic E-state index is 0.000651. The van der Waals surface area contributed by atoms with Crippen LogP contribution < -0.4 is 10.2 Å². The Hall–Kier alpha value is -2.33. The number of anilines is 1. The molecule has 5 heteroatoms. The molecule has 1 heterocycles. The summed E-state index contributed by atoms with van der Waals surface area (Å²) in [5.41, 5.74) is 2.63. The van der Waals surface area contributed by atoms with Gasteiger partial charge in [0.15, 0.2) is 0 Å². The van der Waals surface area contributed by atoms with Crippen LogP contribution in [0.15, 0.2) is 48.5 Å². The first-order chi connectivity index (χ1) is 12.2. The molecule has 0 aromatic heterocycles. The van der Waals surface area contributed by atoms with Crippen molar-refractivity contribution in [3.63, 3.8) is 0 Å². The number of rotatable bonds is 3. The summed E-state index contributed by atoms with van der Waals surface area (Å²) in [5, 5.41) is 3.60. The van der Waals surface area contributed by atoms with E-state index in [9.17, 15) is 9.59 Å². The van der Waals surface area contributed by atoms with Crippen LogP contribution in [0.4, 0.5) is 5.69 Å². The Labute approximate surface area is 159 Å². The molecule has 0 saturated carbocycles. The van der Waals surface area contributed by atoms with Crippen molar-refractivity contribution in [1.82, 2.24) is 5.32 Å². The predicted molar refractivity (Wildman–Crippen MR) is 105 cm³/mol. The highest BCUT2D eigenvalue weighted by Gasteiger charge is 2.31. The molecular weight excluding hydrogens is 348 g/mol. The van der Waals surface area contributed by atoms with Gasteiger partial charge in [-0.25, -0.2) is 0 Å². The van der Waals surface area contributed by atoms with Gasteiger partial charge in [-0.05, 0) is 47.4 Å². The maximum atomic E-state index is 12.5. The lowest BCUT2D eigenvalue weighted by atomic mass is 9.86. The second-order valence-corrected chi connectivity index (χ2v) is 8.12. The van der Waals surface area contributed by atoms with Crippen LogP contribution in [0, 0.1) is 0 Å². The summed E-state index contributed by atoms with van der Waals surface area (Å²) in [4.78, 5) is 26.5. The van der Waals surface area contributed by atoms with Crippen LogP contribution in [0.2, 0.25) is 5.02 Å². The van der Waals surface area contributed by atoms with Crippen LogP contribution in [-0.2, 0) is 10.2 Å². The van der Waals surface area contributed by atoms with Gasteiger partial charge in [0, 0.05) is 29.2 Å². The molecular formula is C21H23ClN2O2. The molecule has 3 rings (SSSR count). The standard InChI is InChI=1S/C21H23ClN2O2/c1-21(2,3)15-6-4-14(5-7-15)20(26)23-17-12-19(25)24(13-17)18-10-8-16(22)9-11-18/h4-11,17H,12-13H2,1-3H3,(H,23,26)/t17-/m1/s1. The number of nitrogens with zero attached hydrogens (tertiary/aromatic N) is 1. The van der Waals surface area contributed by atoms with Gasteiger partial charge in [-0.3, -0.25) is 9.59 Å². The van der Waals surface area contributed by atoms with E-state index in [4.69, 9.17) is 11.6 Å². The monoisotopic (exact) mass is 370 g/mol. The van der Waals surface area contributed by atoms with Crippen LogP contribution in [0.5, 0.6) is 0 Å². The number of benzene rings is 2. The highest BCUT2D eigenvalue weighted by Crippen LogP contribution is 2.24. The zero-order chi connectivity index (χ0) is 18.9. The fourth-order valence-corrected chi connectivity index (χ4v) is 3.19. The lowest BCUT2D eigenvalue weighted by molar-refractivity contribution is -0.117. The van der Waals surface area contributed by atoms with Crippen LogP contribution >= 0.6 is 11.6 Å². The first-order valence-corrected chi connectivity index (χ1v) is 9.09. The molecule has 0 radical (unpaired) electrons. The summed E-state index contributed by atoms with van der Waals surface area (Å²) < 4.78 is 0. The Bertz CT molecular complexity index is 807. The molecule has 26 heavy (non-hydrogen) atoms. The fourth-order valence-electron chi connectivity index (χ4n) is 3.07. The van der Waals surface area contributed by atoms with Crippen LogP contribution in [0.3, 0.4) is 0 Å². The van der Waals surface area contributed by atoms with Crippen molar-refractivity contribution in [3.05, 3.63) is 64.7 Å². The van der Waals surface area contributed by atoms with Gasteiger partial charge < -0.3 is 10.2 Å². The summed E-state index contributed by atoms with van der Waals surface area (Å²) in [6.45, 7) is 6.87. The molecule has 1 saturated heterocycles. The van der Waals surface area contributed by atoms with Crippen LogP contribution in [0.1, 0.15) is 43.1 Å². The number of nitrogens with one attached hydrogen (secondary N) is 1. The van der Waals surface area contributed by atoms with E-state index in [0.29, 0.717) is 23.6 Å². The second-order valence-electron chi connectivity index (χ2n) is 7.68. The molecule has 1 atom stereocenters. The van der Waals surface area contributed by atoms with E-state index < -0.39 is 0 Å². The second kappa shape index (κ2) is 7.12. The number of hydrogen-bond acceptors (Lipinski definition) is 2. The Morgan fingerprint density at radius 1 is 1.08 bits per heavy atom. The van der Waals surface area contributed by atoms with Gasteiger partial charge in [-0.2, -0.15) is 0 Å². The fraction of sp³-hybridized carbons (Fsp3) is 0.333. The molecule has 2 aromatic carbocycles. The molecule has 2 amide bonds. The Morgan fingerprint density at radius 2 is 1.69 bits per heavy atom. The van der Waals surface area contributed by atoms with Crippen molar-refractivity contribution in [1.29, 1.82) is 0 Å². The summed E-state index contributed by atoms with van der Waals surface area (Å²) in [6, 6.07) is 14.6. The number of hydrogen-bond donors (Lipinski definition) is 1. The van der Waals surface area contributed by atoms with Crippen LogP contribution in [0.25, 0.3) is 0 Å². The SMILES string of the molecule is CC(C)(C)c1ccc(C(=O)N[C@@H]2CC(=O)N(c3ccc(Cl)cc3)C2)cc1. The molecule has 1 N–H and O–H groups in total. The molecule has 0 bridgehead atoms. The van der Waals surface area contributed by atoms with E-state index >= 15 is 0 Å². The molecule has 1 aliphatic heterocycles. The topological polar surface area (TPSA) is 49.4 Å². The number of amides is 2. The van der Waals surface area contributed by atoms with Gasteiger partial charge in [0.25, 0.3) is 5.91 Å². The molecule has 2 aromatic rings. The van der Waals surface area contributed by atoms with Gasteiger partial charge >= 0.3 is 0 Å². The van der Waals surface area contributed by atoms with E-state index in [0.717, 1.165) is 5.69 Å². The first kappa shape index (κ1) is 18.5. The normalized spacial score (nSPS) is 17.5. The lowest BCUT2D eigenvalue weighted by Gasteiger charge is -2.19. The smallest absolute Gasteiger partial charge is 0.251 e. The molecule has 0 unspecified atom stereocenters. The van der Waals surface area contributed by atoms with Gasteiger partial charge in [0.05, 0.1) is 6.04 Å². The number of carbonyl (C=O) groups is 2. The van der Waals surface area contributed by atoms with Crippen molar-refractivity contribution in [2.75, 3.05) is 11.4 Å². The van der Waals surface area contributed by atoms with Crippen molar-refractivity contribution in [2.24, 2.45) is 0 Å². The molecule has 0 aliphatic carbocycles. The van der Waals surface area contributed by atoms with E-state index in [1.165, 1.54) is 5.56 Å². The Balaban J connectivity index is 1.65. The minimum atomic E-state index is -0.201. The first-order valence-electron chi connectivity index (χ1n) is 8.71.